The van der Waals surface area contributed by atoms with Crippen molar-refractivity contribution in [1.82, 2.24) is 4.90 Å². The number of fused-ring (bicyclic) bond motifs is 1. The van der Waals surface area contributed by atoms with Crippen molar-refractivity contribution in [2.45, 2.75) is 43.7 Å². The van der Waals surface area contributed by atoms with E-state index in [-0.39, 0.29) is 10.8 Å². The third-order valence-corrected chi connectivity index (χ3v) is 6.00. The zero-order valence-corrected chi connectivity index (χ0v) is 14.8. The second-order valence-electron chi connectivity index (χ2n) is 6.34. The topological polar surface area (TPSA) is 75.7 Å². The van der Waals surface area contributed by atoms with Crippen LogP contribution in [0.3, 0.4) is 0 Å². The lowest BCUT2D eigenvalue weighted by atomic mass is 10.2. The molecule has 3 unspecified atom stereocenters. The van der Waals surface area contributed by atoms with Crippen molar-refractivity contribution in [3.8, 4) is 0 Å². The predicted octanol–water partition coefficient (Wildman–Crippen LogP) is 2.15. The average molecular weight is 366 g/mol. The maximum Gasteiger partial charge on any atom is 0.330 e. The van der Waals surface area contributed by atoms with Gasteiger partial charge in [0.1, 0.15) is 11.9 Å². The van der Waals surface area contributed by atoms with E-state index in [2.05, 4.69) is 5.32 Å². The maximum absolute atomic E-state index is 12.9. The molecule has 2 aliphatic rings. The van der Waals surface area contributed by atoms with E-state index >= 15 is 0 Å². The van der Waals surface area contributed by atoms with Crippen LogP contribution < -0.4 is 5.32 Å². The van der Waals surface area contributed by atoms with Crippen molar-refractivity contribution in [2.24, 2.45) is 0 Å². The van der Waals surface area contributed by atoms with Crippen molar-refractivity contribution in [1.29, 1.82) is 0 Å². The molecule has 0 spiro atoms. The summed E-state index contributed by atoms with van der Waals surface area (Å²) in [6, 6.07) is 4.63. The third kappa shape index (κ3) is 3.49. The summed E-state index contributed by atoms with van der Waals surface area (Å²) in [7, 11) is 0. The van der Waals surface area contributed by atoms with Gasteiger partial charge in [-0.05, 0) is 44.5 Å². The number of hydrogen-bond acceptors (Lipinski definition) is 5. The van der Waals surface area contributed by atoms with Gasteiger partial charge in [-0.3, -0.25) is 9.59 Å². The van der Waals surface area contributed by atoms with Crippen molar-refractivity contribution in [3.05, 3.63) is 30.1 Å². The number of carbonyl (C=O) groups excluding carboxylic acids is 3. The van der Waals surface area contributed by atoms with Crippen molar-refractivity contribution < 1.29 is 23.5 Å². The minimum atomic E-state index is -1.02. The van der Waals surface area contributed by atoms with Crippen molar-refractivity contribution in [3.63, 3.8) is 0 Å². The summed E-state index contributed by atoms with van der Waals surface area (Å²) in [4.78, 5) is 37.8. The molecule has 0 aliphatic carbocycles. The first-order chi connectivity index (χ1) is 11.8. The molecule has 2 heterocycles. The summed E-state index contributed by atoms with van der Waals surface area (Å²) in [6.45, 7) is 3.41. The van der Waals surface area contributed by atoms with Crippen LogP contribution in [0.5, 0.6) is 0 Å². The number of carbonyl (C=O) groups is 3. The lowest BCUT2D eigenvalue weighted by Gasteiger charge is -2.29. The van der Waals surface area contributed by atoms with Crippen LogP contribution in [0, 0.1) is 5.82 Å². The van der Waals surface area contributed by atoms with Gasteiger partial charge in [-0.25, -0.2) is 9.18 Å². The molecule has 2 amide bonds. The van der Waals surface area contributed by atoms with Crippen LogP contribution in [0.4, 0.5) is 10.1 Å². The van der Waals surface area contributed by atoms with E-state index in [0.717, 1.165) is 0 Å². The summed E-state index contributed by atoms with van der Waals surface area (Å²) in [5, 5.41) is 2.56. The monoisotopic (exact) mass is 366 g/mol. The van der Waals surface area contributed by atoms with Gasteiger partial charge in [0.05, 0.1) is 4.87 Å². The normalized spacial score (nSPS) is 26.3. The maximum atomic E-state index is 12.9. The molecule has 1 N–H and O–H groups in total. The summed E-state index contributed by atoms with van der Waals surface area (Å²) in [5.74, 6) is -1.09. The Labute approximate surface area is 149 Å². The summed E-state index contributed by atoms with van der Waals surface area (Å²) < 4.78 is 18.1. The molecule has 1 aromatic carbocycles. The molecule has 2 fully saturated rings. The smallest absolute Gasteiger partial charge is 0.330 e. The summed E-state index contributed by atoms with van der Waals surface area (Å²) in [5.41, 5.74) is 0.410. The summed E-state index contributed by atoms with van der Waals surface area (Å²) in [6.07, 6.45) is 0.113. The number of halogens is 1. The highest BCUT2D eigenvalue weighted by atomic mass is 32.2. The van der Waals surface area contributed by atoms with E-state index < -0.39 is 29.8 Å². The Bertz CT molecular complexity index is 711. The molecule has 0 aromatic heterocycles. The van der Waals surface area contributed by atoms with Crippen LogP contribution in [0.1, 0.15) is 26.7 Å². The highest BCUT2D eigenvalue weighted by Gasteiger charge is 2.53. The first-order valence-electron chi connectivity index (χ1n) is 8.03. The predicted molar refractivity (Wildman–Crippen MR) is 91.3 cm³/mol. The molecule has 0 bridgehead atoms. The van der Waals surface area contributed by atoms with E-state index in [1.54, 1.807) is 16.7 Å². The van der Waals surface area contributed by atoms with E-state index in [0.29, 0.717) is 24.3 Å². The number of esters is 1. The molecular weight excluding hydrogens is 347 g/mol. The van der Waals surface area contributed by atoms with Crippen LogP contribution in [-0.2, 0) is 19.1 Å². The molecule has 2 aliphatic heterocycles. The molecule has 8 heteroatoms. The third-order valence-electron chi connectivity index (χ3n) is 4.49. The molecule has 3 rings (SSSR count). The van der Waals surface area contributed by atoms with E-state index in [1.807, 2.05) is 6.92 Å². The number of benzene rings is 1. The minimum absolute atomic E-state index is 0.0575. The second kappa shape index (κ2) is 6.67. The van der Waals surface area contributed by atoms with Gasteiger partial charge in [-0.15, -0.1) is 11.8 Å². The largest absolute Gasteiger partial charge is 0.451 e. The molecule has 6 nitrogen and oxygen atoms in total. The van der Waals surface area contributed by atoms with Gasteiger partial charge in [-0.2, -0.15) is 0 Å². The van der Waals surface area contributed by atoms with Gasteiger partial charge in [0.2, 0.25) is 5.91 Å². The van der Waals surface area contributed by atoms with Crippen LogP contribution in [0.25, 0.3) is 0 Å². The molecule has 25 heavy (non-hydrogen) atoms. The van der Waals surface area contributed by atoms with Gasteiger partial charge in [0, 0.05) is 17.9 Å². The molecule has 134 valence electrons. The zero-order chi connectivity index (χ0) is 18.2. The first kappa shape index (κ1) is 17.7. The molecule has 2 saturated heterocycles. The number of nitrogens with zero attached hydrogens (tertiary/aromatic N) is 1. The van der Waals surface area contributed by atoms with Gasteiger partial charge >= 0.3 is 5.97 Å². The first-order valence-corrected chi connectivity index (χ1v) is 9.02. The number of rotatable bonds is 4. The Hall–Kier alpha value is -2.09. The second-order valence-corrected chi connectivity index (χ2v) is 7.84. The Morgan fingerprint density at radius 2 is 2.08 bits per heavy atom. The van der Waals surface area contributed by atoms with Crippen LogP contribution in [0.15, 0.2) is 24.3 Å². The molecule has 1 aromatic rings. The molecule has 3 atom stereocenters. The molecular formula is C17H19FN2O4S. The number of anilines is 1. The van der Waals surface area contributed by atoms with E-state index in [1.165, 1.54) is 31.2 Å². The average Bonchev–Trinajstić information content (AvgIpc) is 3.06. The number of thioether (sulfide) groups is 1. The highest BCUT2D eigenvalue weighted by Crippen LogP contribution is 2.47. The summed E-state index contributed by atoms with van der Waals surface area (Å²) >= 11 is 1.56. The lowest BCUT2D eigenvalue weighted by Crippen LogP contribution is -2.48. The Balaban J connectivity index is 1.59. The number of nitrogens with one attached hydrogen (secondary N) is 1. The Morgan fingerprint density at radius 3 is 2.76 bits per heavy atom. The quantitative estimate of drug-likeness (QED) is 0.827. The van der Waals surface area contributed by atoms with Gasteiger partial charge in [0.15, 0.2) is 6.10 Å². The van der Waals surface area contributed by atoms with Crippen molar-refractivity contribution in [2.75, 3.05) is 11.1 Å². The van der Waals surface area contributed by atoms with E-state index in [9.17, 15) is 18.8 Å². The number of amides is 2. The fourth-order valence-corrected chi connectivity index (χ4v) is 4.50. The van der Waals surface area contributed by atoms with Gasteiger partial charge in [0.25, 0.3) is 5.91 Å². The standard InChI is InChI=1S/C17H19FN2O4S/c1-10(15(22)19-12-5-3-11(18)4-6-12)24-16(23)13-9-25-17(2)8-7-14(21)20(13)17/h3-6,10,13H,7-9H2,1-2H3,(H,19,22). The van der Waals surface area contributed by atoms with Crippen LogP contribution in [0.2, 0.25) is 0 Å². The molecule has 0 radical (unpaired) electrons. The minimum Gasteiger partial charge on any atom is -0.451 e. The Kier molecular flexibility index (Phi) is 4.73. The van der Waals surface area contributed by atoms with Gasteiger partial charge in [-0.1, -0.05) is 0 Å². The SMILES string of the molecule is CC(OC(=O)C1CSC2(C)CCC(=O)N12)C(=O)Nc1ccc(F)cc1. The fraction of sp³-hybridized carbons (Fsp3) is 0.471. The number of hydrogen-bond donors (Lipinski definition) is 1. The fourth-order valence-electron chi connectivity index (χ4n) is 3.08. The van der Waals surface area contributed by atoms with Crippen molar-refractivity contribution >= 4 is 35.2 Å². The zero-order valence-electron chi connectivity index (χ0n) is 14.0. The van der Waals surface area contributed by atoms with Gasteiger partial charge < -0.3 is 15.0 Å². The molecule has 0 saturated carbocycles. The Morgan fingerprint density at radius 1 is 1.40 bits per heavy atom. The van der Waals surface area contributed by atoms with Crippen LogP contribution >= 0.6 is 11.8 Å². The lowest BCUT2D eigenvalue weighted by molar-refractivity contribution is -0.160. The van der Waals surface area contributed by atoms with Crippen LogP contribution in [-0.4, -0.2) is 45.5 Å². The van der Waals surface area contributed by atoms with E-state index in [4.69, 9.17) is 4.74 Å². The number of ether oxygens (including phenoxy) is 1. The highest BCUT2D eigenvalue weighted by molar-refractivity contribution is 8.01.